The Balaban J connectivity index is 3.06. The van der Waals surface area contributed by atoms with Crippen molar-refractivity contribution in [2.45, 2.75) is 135 Å². The molecule has 0 aromatic carbocycles. The van der Waals surface area contributed by atoms with Crippen molar-refractivity contribution >= 4 is 11.6 Å². The first kappa shape index (κ1) is 58.8. The molecule has 0 aliphatic rings. The minimum absolute atomic E-state index is 0.519. The fourth-order valence-corrected chi connectivity index (χ4v) is 6.11. The van der Waals surface area contributed by atoms with Gasteiger partial charge >= 0.3 is 0 Å². The monoisotopic (exact) mass is 873 g/mol. The van der Waals surface area contributed by atoms with E-state index in [1.165, 1.54) is 109 Å². The zero-order chi connectivity index (χ0) is 42.3. The Morgan fingerprint density at radius 2 is 0.339 bits per heavy atom. The Hall–Kier alpha value is -0.190. The number of unbranched alkanes of at least 4 members (excludes halogenated alkanes) is 18. The number of rotatable bonds is 56. The third kappa shape index (κ3) is 57.8. The van der Waals surface area contributed by atoms with E-state index in [2.05, 4.69) is 6.92 Å². The summed E-state index contributed by atoms with van der Waals surface area (Å²) in [4.78, 5) is 0. The predicted molar refractivity (Wildman–Crippen MR) is 239 cm³/mol. The molecule has 0 aliphatic carbocycles. The molecule has 0 unspecified atom stereocenters. The molecule has 12 nitrogen and oxygen atoms in total. The maximum absolute atomic E-state index is 5.70. The van der Waals surface area contributed by atoms with E-state index >= 15 is 0 Å². The minimum atomic E-state index is 0.519. The lowest BCUT2D eigenvalue weighted by molar-refractivity contribution is -0.0284. The summed E-state index contributed by atoms with van der Waals surface area (Å²) in [5.41, 5.74) is 0. The maximum Gasteiger partial charge on any atom is 0.0701 e. The molecule has 0 atom stereocenters. The molecular formula is C46H93ClO12. The van der Waals surface area contributed by atoms with Crippen molar-refractivity contribution in [3.8, 4) is 0 Å². The fraction of sp³-hybridized carbons (Fsp3) is 1.00. The summed E-state index contributed by atoms with van der Waals surface area (Å²) in [6.07, 6.45) is 26.7. The molecule has 0 amide bonds. The van der Waals surface area contributed by atoms with Crippen molar-refractivity contribution in [2.75, 3.05) is 164 Å². The van der Waals surface area contributed by atoms with Crippen LogP contribution in [0.5, 0.6) is 0 Å². The minimum Gasteiger partial charge on any atom is -0.379 e. The molecule has 0 rings (SSSR count). The summed E-state index contributed by atoms with van der Waals surface area (Å²) >= 11 is 5.67. The summed E-state index contributed by atoms with van der Waals surface area (Å²) < 4.78 is 66.5. The van der Waals surface area contributed by atoms with Gasteiger partial charge in [-0.05, 0) is 19.3 Å². The van der Waals surface area contributed by atoms with Crippen molar-refractivity contribution in [1.29, 1.82) is 0 Å². The predicted octanol–water partition coefficient (Wildman–Crippen LogP) is 9.25. The second kappa shape index (κ2) is 57.8. The quantitative estimate of drug-likeness (QED) is 0.0429. The molecule has 0 aliphatic heterocycles. The third-order valence-electron chi connectivity index (χ3n) is 9.41. The van der Waals surface area contributed by atoms with Crippen LogP contribution >= 0.6 is 11.6 Å². The normalized spacial score (nSPS) is 11.7. The van der Waals surface area contributed by atoms with E-state index in [4.69, 9.17) is 68.4 Å². The average molecular weight is 874 g/mol. The summed E-state index contributed by atoms with van der Waals surface area (Å²) in [6, 6.07) is 0. The SMILES string of the molecule is CCCCCCCCCCCCCCCCCCOCCOCCOCCOCCOCCOCCOCCOCCOCCOCCOCCOCCCCCCCl. The van der Waals surface area contributed by atoms with Gasteiger partial charge in [0.1, 0.15) is 0 Å². The van der Waals surface area contributed by atoms with Crippen molar-refractivity contribution < 1.29 is 56.8 Å². The van der Waals surface area contributed by atoms with Crippen molar-refractivity contribution in [2.24, 2.45) is 0 Å². The van der Waals surface area contributed by atoms with Gasteiger partial charge in [0.25, 0.3) is 0 Å². The van der Waals surface area contributed by atoms with Gasteiger partial charge in [-0.1, -0.05) is 116 Å². The molecule has 0 bridgehead atoms. The highest BCUT2D eigenvalue weighted by Gasteiger charge is 1.99. The van der Waals surface area contributed by atoms with Crippen LogP contribution in [0.3, 0.4) is 0 Å². The van der Waals surface area contributed by atoms with Crippen LogP contribution in [0.25, 0.3) is 0 Å². The molecule has 0 spiro atoms. The largest absolute Gasteiger partial charge is 0.379 e. The van der Waals surface area contributed by atoms with Crippen molar-refractivity contribution in [1.82, 2.24) is 0 Å². The lowest BCUT2D eigenvalue weighted by Gasteiger charge is -2.09. The molecule has 0 aromatic heterocycles. The van der Waals surface area contributed by atoms with Crippen LogP contribution in [0.4, 0.5) is 0 Å². The number of hydrogen-bond donors (Lipinski definition) is 0. The summed E-state index contributed by atoms with van der Waals surface area (Å²) in [6.45, 7) is 16.0. The molecule has 13 heteroatoms. The fourth-order valence-electron chi connectivity index (χ4n) is 5.93. The number of hydrogen-bond acceptors (Lipinski definition) is 12. The zero-order valence-electron chi connectivity index (χ0n) is 38.1. The van der Waals surface area contributed by atoms with Gasteiger partial charge in [0, 0.05) is 19.1 Å². The van der Waals surface area contributed by atoms with E-state index in [0.29, 0.717) is 145 Å². The van der Waals surface area contributed by atoms with Crippen LogP contribution < -0.4 is 0 Å². The third-order valence-corrected chi connectivity index (χ3v) is 9.67. The standard InChI is InChI=1S/C46H93ClO12/c1-2-3-4-5-6-7-8-9-10-11-12-13-14-15-17-20-23-48-25-27-50-29-31-52-33-35-54-37-39-56-41-43-58-45-46-59-44-42-57-40-38-55-36-34-53-32-30-51-28-26-49-24-21-18-16-19-22-47/h2-46H2,1H3. The lowest BCUT2D eigenvalue weighted by Crippen LogP contribution is -2.15. The van der Waals surface area contributed by atoms with Gasteiger partial charge in [-0.3, -0.25) is 0 Å². The summed E-state index contributed by atoms with van der Waals surface area (Å²) in [5.74, 6) is 0.745. The molecule has 0 aromatic rings. The highest BCUT2D eigenvalue weighted by Crippen LogP contribution is 2.13. The molecule has 0 heterocycles. The van der Waals surface area contributed by atoms with E-state index in [-0.39, 0.29) is 0 Å². The molecule has 0 saturated carbocycles. The first-order valence-corrected chi connectivity index (χ1v) is 24.4. The Morgan fingerprint density at radius 1 is 0.186 bits per heavy atom. The molecule has 0 saturated heterocycles. The van der Waals surface area contributed by atoms with E-state index in [9.17, 15) is 0 Å². The average Bonchev–Trinajstić information content (AvgIpc) is 3.25. The molecule has 59 heavy (non-hydrogen) atoms. The Bertz CT molecular complexity index is 659. The lowest BCUT2D eigenvalue weighted by atomic mass is 10.0. The first-order chi connectivity index (χ1) is 29.4. The zero-order valence-corrected chi connectivity index (χ0v) is 38.9. The molecule has 356 valence electrons. The van der Waals surface area contributed by atoms with Gasteiger partial charge < -0.3 is 56.8 Å². The number of ether oxygens (including phenoxy) is 12. The van der Waals surface area contributed by atoms with E-state index in [1.54, 1.807) is 0 Å². The van der Waals surface area contributed by atoms with Gasteiger partial charge in [0.2, 0.25) is 0 Å². The molecule has 0 fully saturated rings. The van der Waals surface area contributed by atoms with Gasteiger partial charge in [0.15, 0.2) is 0 Å². The van der Waals surface area contributed by atoms with Crippen LogP contribution in [-0.4, -0.2) is 164 Å². The topological polar surface area (TPSA) is 111 Å². The second-order valence-electron chi connectivity index (χ2n) is 14.8. The first-order valence-electron chi connectivity index (χ1n) is 23.9. The highest BCUT2D eigenvalue weighted by atomic mass is 35.5. The molecule has 0 radical (unpaired) electrons. The van der Waals surface area contributed by atoms with Crippen LogP contribution in [0.15, 0.2) is 0 Å². The van der Waals surface area contributed by atoms with Crippen LogP contribution in [0, 0.1) is 0 Å². The highest BCUT2D eigenvalue weighted by molar-refractivity contribution is 6.17. The number of halogens is 1. The van der Waals surface area contributed by atoms with Gasteiger partial charge in [0.05, 0.1) is 145 Å². The van der Waals surface area contributed by atoms with Crippen LogP contribution in [0.1, 0.15) is 135 Å². The second-order valence-corrected chi connectivity index (χ2v) is 15.1. The Labute approximate surface area is 367 Å². The Morgan fingerprint density at radius 3 is 0.525 bits per heavy atom. The van der Waals surface area contributed by atoms with Crippen LogP contribution in [0.2, 0.25) is 0 Å². The number of alkyl halides is 1. The van der Waals surface area contributed by atoms with E-state index < -0.39 is 0 Å². The van der Waals surface area contributed by atoms with Crippen LogP contribution in [-0.2, 0) is 56.8 Å². The van der Waals surface area contributed by atoms with Gasteiger partial charge in [-0.25, -0.2) is 0 Å². The Kier molecular flexibility index (Phi) is 57.6. The molecular weight excluding hydrogens is 780 g/mol. The van der Waals surface area contributed by atoms with E-state index in [0.717, 1.165) is 38.4 Å². The van der Waals surface area contributed by atoms with E-state index in [1.807, 2.05) is 0 Å². The van der Waals surface area contributed by atoms with Gasteiger partial charge in [-0.15, -0.1) is 11.6 Å². The molecule has 0 N–H and O–H groups in total. The van der Waals surface area contributed by atoms with Gasteiger partial charge in [-0.2, -0.15) is 0 Å². The summed E-state index contributed by atoms with van der Waals surface area (Å²) in [7, 11) is 0. The van der Waals surface area contributed by atoms with Crippen molar-refractivity contribution in [3.05, 3.63) is 0 Å². The summed E-state index contributed by atoms with van der Waals surface area (Å²) in [5, 5.41) is 0. The van der Waals surface area contributed by atoms with Crippen molar-refractivity contribution in [3.63, 3.8) is 0 Å². The maximum atomic E-state index is 5.70. The smallest absolute Gasteiger partial charge is 0.0701 e.